The first-order chi connectivity index (χ1) is 14.0. The van der Waals surface area contributed by atoms with Crippen molar-refractivity contribution in [3.05, 3.63) is 87.7 Å². The Morgan fingerprint density at radius 3 is 2.41 bits per heavy atom. The fraction of sp³-hybridized carbons (Fsp3) is 0.136. The maximum absolute atomic E-state index is 12.6. The van der Waals surface area contributed by atoms with Gasteiger partial charge in [0.25, 0.3) is 5.91 Å². The third kappa shape index (κ3) is 4.46. The van der Waals surface area contributed by atoms with E-state index in [1.54, 1.807) is 10.7 Å². The van der Waals surface area contributed by atoms with Crippen LogP contribution < -0.4 is 5.32 Å². The molecule has 0 bridgehead atoms. The summed E-state index contributed by atoms with van der Waals surface area (Å²) in [5.74, 6) is 0.592. The Bertz CT molecular complexity index is 1140. The molecule has 0 aliphatic heterocycles. The van der Waals surface area contributed by atoms with Gasteiger partial charge < -0.3 is 9.84 Å². The van der Waals surface area contributed by atoms with Gasteiger partial charge in [-0.25, -0.2) is 0 Å². The van der Waals surface area contributed by atoms with Crippen molar-refractivity contribution < 1.29 is 9.32 Å². The second kappa shape index (κ2) is 8.05. The van der Waals surface area contributed by atoms with Gasteiger partial charge in [0.2, 0.25) is 0 Å². The molecule has 29 heavy (non-hydrogen) atoms. The van der Waals surface area contributed by atoms with Gasteiger partial charge in [0.15, 0.2) is 17.3 Å². The lowest BCUT2D eigenvalue weighted by Crippen LogP contribution is -2.13. The van der Waals surface area contributed by atoms with Crippen molar-refractivity contribution in [2.45, 2.75) is 20.4 Å². The van der Waals surface area contributed by atoms with Crippen LogP contribution in [0.3, 0.4) is 0 Å². The van der Waals surface area contributed by atoms with Crippen molar-refractivity contribution in [2.24, 2.45) is 0 Å². The lowest BCUT2D eigenvalue weighted by molar-refractivity contribution is 0.101. The zero-order chi connectivity index (χ0) is 20.4. The van der Waals surface area contributed by atoms with Gasteiger partial charge in [-0.2, -0.15) is 5.10 Å². The summed E-state index contributed by atoms with van der Waals surface area (Å²) < 4.78 is 7.79. The molecule has 1 amide bonds. The molecule has 2 aromatic carbocycles. The lowest BCUT2D eigenvalue weighted by atomic mass is 10.1. The maximum Gasteiger partial charge on any atom is 0.279 e. The van der Waals surface area contributed by atoms with Gasteiger partial charge in [-0.1, -0.05) is 64.8 Å². The average Bonchev–Trinajstić information content (AvgIpc) is 3.32. The molecule has 0 radical (unpaired) electrons. The number of amides is 1. The predicted octanol–water partition coefficient (Wildman–Crippen LogP) is 5.22. The van der Waals surface area contributed by atoms with Gasteiger partial charge in [0.05, 0.1) is 11.0 Å². The molecule has 0 unspecified atom stereocenters. The van der Waals surface area contributed by atoms with Crippen LogP contribution >= 0.6 is 15.9 Å². The number of hydrogen-bond donors (Lipinski definition) is 1. The predicted molar refractivity (Wildman–Crippen MR) is 115 cm³/mol. The Labute approximate surface area is 176 Å². The molecule has 0 saturated heterocycles. The second-order valence-electron chi connectivity index (χ2n) is 6.91. The molecule has 4 rings (SSSR count). The summed E-state index contributed by atoms with van der Waals surface area (Å²) in [6, 6.07) is 17.7. The Hall–Kier alpha value is -3.19. The van der Waals surface area contributed by atoms with E-state index in [0.717, 1.165) is 16.7 Å². The molecular weight excluding hydrogens is 432 g/mol. The van der Waals surface area contributed by atoms with Crippen LogP contribution in [0.1, 0.15) is 27.2 Å². The molecule has 4 aromatic rings. The quantitative estimate of drug-likeness (QED) is 0.452. The summed E-state index contributed by atoms with van der Waals surface area (Å²) in [6.07, 6.45) is 1.83. The molecule has 6 nitrogen and oxygen atoms in total. The fourth-order valence-electron chi connectivity index (χ4n) is 2.85. The third-order valence-electron chi connectivity index (χ3n) is 4.49. The molecular formula is C22H19BrN4O2. The van der Waals surface area contributed by atoms with Crippen molar-refractivity contribution in [2.75, 3.05) is 5.32 Å². The SMILES string of the molecule is Cc1ccc(Cn2cc(Br)c(NC(=O)c3cc(-c4ccc(C)cc4)on3)n2)cc1. The minimum atomic E-state index is -0.381. The van der Waals surface area contributed by atoms with E-state index in [4.69, 9.17) is 4.52 Å². The summed E-state index contributed by atoms with van der Waals surface area (Å²) in [7, 11) is 0. The smallest absolute Gasteiger partial charge is 0.279 e. The summed E-state index contributed by atoms with van der Waals surface area (Å²) in [4.78, 5) is 12.6. The first-order valence-electron chi connectivity index (χ1n) is 9.11. The zero-order valence-corrected chi connectivity index (χ0v) is 17.6. The Balaban J connectivity index is 1.46. The topological polar surface area (TPSA) is 73.0 Å². The Morgan fingerprint density at radius 2 is 1.72 bits per heavy atom. The normalized spacial score (nSPS) is 10.9. The van der Waals surface area contributed by atoms with Gasteiger partial charge in [-0.3, -0.25) is 9.48 Å². The molecule has 0 fully saturated rings. The summed E-state index contributed by atoms with van der Waals surface area (Å²) in [5.41, 5.74) is 4.55. The van der Waals surface area contributed by atoms with E-state index in [-0.39, 0.29) is 11.6 Å². The van der Waals surface area contributed by atoms with Crippen LogP contribution in [0.25, 0.3) is 11.3 Å². The van der Waals surface area contributed by atoms with Gasteiger partial charge in [0.1, 0.15) is 0 Å². The second-order valence-corrected chi connectivity index (χ2v) is 7.76. The standard InChI is InChI=1S/C22H19BrN4O2/c1-14-3-7-16(8-4-14)12-27-13-18(23)21(25-27)24-22(28)19-11-20(29-26-19)17-9-5-15(2)6-10-17/h3-11,13H,12H2,1-2H3,(H,24,25,28). The molecule has 2 aromatic heterocycles. The molecule has 2 heterocycles. The van der Waals surface area contributed by atoms with Crippen LogP contribution in [-0.4, -0.2) is 20.8 Å². The number of halogens is 1. The van der Waals surface area contributed by atoms with Crippen molar-refractivity contribution in [1.29, 1.82) is 0 Å². The average molecular weight is 451 g/mol. The summed E-state index contributed by atoms with van der Waals surface area (Å²) in [5, 5.41) is 11.1. The molecule has 146 valence electrons. The lowest BCUT2D eigenvalue weighted by Gasteiger charge is -2.02. The molecule has 0 spiro atoms. The highest BCUT2D eigenvalue weighted by molar-refractivity contribution is 9.10. The zero-order valence-electron chi connectivity index (χ0n) is 16.0. The minimum Gasteiger partial charge on any atom is -0.355 e. The highest BCUT2D eigenvalue weighted by Crippen LogP contribution is 2.24. The van der Waals surface area contributed by atoms with Crippen LogP contribution in [0.2, 0.25) is 0 Å². The fourth-order valence-corrected chi connectivity index (χ4v) is 3.27. The van der Waals surface area contributed by atoms with E-state index in [0.29, 0.717) is 22.6 Å². The summed E-state index contributed by atoms with van der Waals surface area (Å²) in [6.45, 7) is 4.67. The van der Waals surface area contributed by atoms with Gasteiger partial charge >= 0.3 is 0 Å². The first-order valence-corrected chi connectivity index (χ1v) is 9.91. The van der Waals surface area contributed by atoms with Crippen LogP contribution in [0.4, 0.5) is 5.82 Å². The van der Waals surface area contributed by atoms with E-state index >= 15 is 0 Å². The van der Waals surface area contributed by atoms with E-state index in [1.807, 2.05) is 37.4 Å². The Morgan fingerprint density at radius 1 is 1.07 bits per heavy atom. The number of hydrogen-bond acceptors (Lipinski definition) is 4. The van der Waals surface area contributed by atoms with Crippen LogP contribution in [0.5, 0.6) is 0 Å². The van der Waals surface area contributed by atoms with Crippen molar-refractivity contribution in [1.82, 2.24) is 14.9 Å². The monoisotopic (exact) mass is 450 g/mol. The van der Waals surface area contributed by atoms with Gasteiger partial charge in [0, 0.05) is 17.8 Å². The highest BCUT2D eigenvalue weighted by atomic mass is 79.9. The Kier molecular flexibility index (Phi) is 5.31. The van der Waals surface area contributed by atoms with Gasteiger partial charge in [-0.05, 0) is 35.3 Å². The van der Waals surface area contributed by atoms with E-state index < -0.39 is 0 Å². The van der Waals surface area contributed by atoms with Crippen molar-refractivity contribution >= 4 is 27.7 Å². The molecule has 7 heteroatoms. The van der Waals surface area contributed by atoms with Crippen LogP contribution in [-0.2, 0) is 6.54 Å². The number of benzene rings is 2. The number of aryl methyl sites for hydroxylation is 2. The van der Waals surface area contributed by atoms with E-state index in [2.05, 4.69) is 62.7 Å². The number of carbonyl (C=O) groups is 1. The number of rotatable bonds is 5. The highest BCUT2D eigenvalue weighted by Gasteiger charge is 2.17. The van der Waals surface area contributed by atoms with E-state index in [9.17, 15) is 4.79 Å². The largest absolute Gasteiger partial charge is 0.355 e. The number of aromatic nitrogens is 3. The minimum absolute atomic E-state index is 0.195. The van der Waals surface area contributed by atoms with Crippen LogP contribution in [0.15, 0.2) is 69.8 Å². The number of nitrogens with one attached hydrogen (secondary N) is 1. The van der Waals surface area contributed by atoms with E-state index in [1.165, 1.54) is 5.56 Å². The molecule has 0 aliphatic carbocycles. The van der Waals surface area contributed by atoms with Crippen molar-refractivity contribution in [3.8, 4) is 11.3 Å². The molecule has 0 atom stereocenters. The molecule has 0 aliphatic rings. The number of anilines is 1. The first kappa shape index (κ1) is 19.1. The molecule has 1 N–H and O–H groups in total. The number of nitrogens with zero attached hydrogens (tertiary/aromatic N) is 3. The van der Waals surface area contributed by atoms with Crippen LogP contribution in [0, 0.1) is 13.8 Å². The molecule has 0 saturated carbocycles. The number of carbonyl (C=O) groups excluding carboxylic acids is 1. The maximum atomic E-state index is 12.6. The van der Waals surface area contributed by atoms with Crippen molar-refractivity contribution in [3.63, 3.8) is 0 Å². The summed E-state index contributed by atoms with van der Waals surface area (Å²) >= 11 is 3.45. The van der Waals surface area contributed by atoms with Gasteiger partial charge in [-0.15, -0.1) is 0 Å². The third-order valence-corrected chi connectivity index (χ3v) is 5.07.